The summed E-state index contributed by atoms with van der Waals surface area (Å²) in [7, 11) is 0. The Balaban J connectivity index is 2.16. The Morgan fingerprint density at radius 1 is 1.31 bits per heavy atom. The lowest BCUT2D eigenvalue weighted by Gasteiger charge is -2.04. The molecule has 0 fully saturated rings. The molecule has 0 aliphatic carbocycles. The van der Waals surface area contributed by atoms with Gasteiger partial charge in [0.05, 0.1) is 0 Å². The minimum atomic E-state index is -0.140. The molecule has 1 aromatic carbocycles. The summed E-state index contributed by atoms with van der Waals surface area (Å²) in [5, 5.41) is 0. The first-order valence-electron chi connectivity index (χ1n) is 5.52. The van der Waals surface area contributed by atoms with Gasteiger partial charge in [-0.1, -0.05) is 36.9 Å². The molecular formula is C14H18O2. The van der Waals surface area contributed by atoms with Crippen molar-refractivity contribution < 1.29 is 9.53 Å². The monoisotopic (exact) mass is 218 g/mol. The first-order valence-corrected chi connectivity index (χ1v) is 5.52. The fourth-order valence-electron chi connectivity index (χ4n) is 1.36. The molecule has 0 bridgehead atoms. The lowest BCUT2D eigenvalue weighted by molar-refractivity contribution is -0.142. The number of carbonyl (C=O) groups is 1. The molecule has 0 heterocycles. The first kappa shape index (κ1) is 12.5. The van der Waals surface area contributed by atoms with E-state index in [-0.39, 0.29) is 5.97 Å². The molecule has 16 heavy (non-hydrogen) atoms. The molecule has 2 nitrogen and oxygen atoms in total. The van der Waals surface area contributed by atoms with Crippen LogP contribution in [-0.2, 0) is 16.0 Å². The predicted molar refractivity (Wildman–Crippen MR) is 65.2 cm³/mol. The highest BCUT2D eigenvalue weighted by molar-refractivity contribution is 5.69. The summed E-state index contributed by atoms with van der Waals surface area (Å²) in [6.07, 6.45) is 2.23. The van der Waals surface area contributed by atoms with Crippen LogP contribution in [0, 0.1) is 0 Å². The molecule has 0 radical (unpaired) electrons. The van der Waals surface area contributed by atoms with Gasteiger partial charge < -0.3 is 4.74 Å². The Kier molecular flexibility index (Phi) is 5.34. The number of hydrogen-bond acceptors (Lipinski definition) is 2. The zero-order chi connectivity index (χ0) is 11.8. The van der Waals surface area contributed by atoms with Gasteiger partial charge in [0, 0.05) is 6.42 Å². The largest absolute Gasteiger partial charge is 0.461 e. The minimum Gasteiger partial charge on any atom is -0.461 e. The quantitative estimate of drug-likeness (QED) is 0.541. The molecule has 1 aromatic rings. The maximum Gasteiger partial charge on any atom is 0.306 e. The van der Waals surface area contributed by atoms with Crippen molar-refractivity contribution in [2.24, 2.45) is 0 Å². The van der Waals surface area contributed by atoms with Crippen LogP contribution in [0.5, 0.6) is 0 Å². The second kappa shape index (κ2) is 6.83. The molecule has 0 aliphatic heterocycles. The molecule has 0 saturated heterocycles. The van der Waals surface area contributed by atoms with Gasteiger partial charge in [0.2, 0.25) is 0 Å². The van der Waals surface area contributed by atoms with Gasteiger partial charge in [0.25, 0.3) is 0 Å². The van der Waals surface area contributed by atoms with Gasteiger partial charge in [0.15, 0.2) is 0 Å². The predicted octanol–water partition coefficient (Wildman–Crippen LogP) is 3.13. The van der Waals surface area contributed by atoms with Crippen LogP contribution in [0.2, 0.25) is 0 Å². The highest BCUT2D eigenvalue weighted by Crippen LogP contribution is 2.05. The third kappa shape index (κ3) is 5.35. The maximum atomic E-state index is 11.3. The van der Waals surface area contributed by atoms with E-state index in [1.807, 2.05) is 25.1 Å². The van der Waals surface area contributed by atoms with E-state index < -0.39 is 0 Å². The van der Waals surface area contributed by atoms with Crippen LogP contribution >= 0.6 is 0 Å². The lowest BCUT2D eigenvalue weighted by atomic mass is 10.1. The second-order valence-corrected chi connectivity index (χ2v) is 3.96. The third-order valence-electron chi connectivity index (χ3n) is 2.17. The Labute approximate surface area is 96.9 Å². The standard InChI is InChI=1S/C14H18O2/c1-12(2)11-16-14(15)10-6-9-13-7-4-3-5-8-13/h3-5,7-8H,1,6,9-11H2,2H3. The number of ether oxygens (including phenoxy) is 1. The van der Waals surface area contributed by atoms with E-state index in [4.69, 9.17) is 4.74 Å². The second-order valence-electron chi connectivity index (χ2n) is 3.96. The van der Waals surface area contributed by atoms with Crippen LogP contribution in [-0.4, -0.2) is 12.6 Å². The van der Waals surface area contributed by atoms with Gasteiger partial charge >= 0.3 is 5.97 Å². The number of benzene rings is 1. The highest BCUT2D eigenvalue weighted by Gasteiger charge is 2.02. The Bertz CT molecular complexity index is 341. The fraction of sp³-hybridized carbons (Fsp3) is 0.357. The van der Waals surface area contributed by atoms with Crippen LogP contribution in [0.1, 0.15) is 25.3 Å². The van der Waals surface area contributed by atoms with Crippen LogP contribution in [0.15, 0.2) is 42.5 Å². The normalized spacial score (nSPS) is 9.81. The van der Waals surface area contributed by atoms with Crippen molar-refractivity contribution in [2.45, 2.75) is 26.2 Å². The van der Waals surface area contributed by atoms with E-state index in [1.165, 1.54) is 5.56 Å². The van der Waals surface area contributed by atoms with Crippen LogP contribution in [0.3, 0.4) is 0 Å². The van der Waals surface area contributed by atoms with Crippen molar-refractivity contribution in [3.63, 3.8) is 0 Å². The third-order valence-corrected chi connectivity index (χ3v) is 2.17. The van der Waals surface area contributed by atoms with E-state index in [0.29, 0.717) is 13.0 Å². The summed E-state index contributed by atoms with van der Waals surface area (Å²) in [5.41, 5.74) is 2.13. The van der Waals surface area contributed by atoms with Crippen LogP contribution in [0.25, 0.3) is 0 Å². The molecule has 1 rings (SSSR count). The Hall–Kier alpha value is -1.57. The van der Waals surface area contributed by atoms with Gasteiger partial charge in [-0.05, 0) is 30.9 Å². The average Bonchev–Trinajstić information content (AvgIpc) is 2.28. The molecule has 0 saturated carbocycles. The van der Waals surface area contributed by atoms with Crippen molar-refractivity contribution in [1.82, 2.24) is 0 Å². The Morgan fingerprint density at radius 3 is 2.62 bits per heavy atom. The summed E-state index contributed by atoms with van der Waals surface area (Å²) in [6.45, 7) is 5.86. The number of rotatable bonds is 6. The number of hydrogen-bond donors (Lipinski definition) is 0. The van der Waals surface area contributed by atoms with E-state index in [9.17, 15) is 4.79 Å². The maximum absolute atomic E-state index is 11.3. The summed E-state index contributed by atoms with van der Waals surface area (Å²) >= 11 is 0. The number of aryl methyl sites for hydroxylation is 1. The van der Waals surface area contributed by atoms with E-state index in [0.717, 1.165) is 18.4 Å². The van der Waals surface area contributed by atoms with Gasteiger partial charge in [-0.3, -0.25) is 4.79 Å². The van der Waals surface area contributed by atoms with Crippen molar-refractivity contribution in [3.05, 3.63) is 48.0 Å². The summed E-state index contributed by atoms with van der Waals surface area (Å²) in [5.74, 6) is -0.140. The molecule has 0 N–H and O–H groups in total. The van der Waals surface area contributed by atoms with E-state index in [2.05, 4.69) is 18.7 Å². The van der Waals surface area contributed by atoms with Crippen molar-refractivity contribution >= 4 is 5.97 Å². The van der Waals surface area contributed by atoms with Crippen molar-refractivity contribution in [3.8, 4) is 0 Å². The lowest BCUT2D eigenvalue weighted by Crippen LogP contribution is -2.06. The Morgan fingerprint density at radius 2 is 2.00 bits per heavy atom. The molecule has 0 amide bonds. The molecule has 0 aromatic heterocycles. The van der Waals surface area contributed by atoms with E-state index in [1.54, 1.807) is 0 Å². The average molecular weight is 218 g/mol. The van der Waals surface area contributed by atoms with Gasteiger partial charge in [0.1, 0.15) is 6.61 Å². The molecule has 86 valence electrons. The summed E-state index contributed by atoms with van der Waals surface area (Å²) in [6, 6.07) is 10.1. The van der Waals surface area contributed by atoms with Crippen molar-refractivity contribution in [1.29, 1.82) is 0 Å². The zero-order valence-corrected chi connectivity index (χ0v) is 9.74. The molecule has 0 atom stereocenters. The fourth-order valence-corrected chi connectivity index (χ4v) is 1.36. The number of esters is 1. The van der Waals surface area contributed by atoms with Gasteiger partial charge in [-0.15, -0.1) is 0 Å². The molecule has 0 unspecified atom stereocenters. The van der Waals surface area contributed by atoms with Crippen molar-refractivity contribution in [2.75, 3.05) is 6.61 Å². The number of carbonyl (C=O) groups excluding carboxylic acids is 1. The molecular weight excluding hydrogens is 200 g/mol. The summed E-state index contributed by atoms with van der Waals surface area (Å²) < 4.78 is 5.00. The van der Waals surface area contributed by atoms with Crippen LogP contribution < -0.4 is 0 Å². The SMILES string of the molecule is C=C(C)COC(=O)CCCc1ccccc1. The molecule has 0 spiro atoms. The summed E-state index contributed by atoms with van der Waals surface area (Å²) in [4.78, 5) is 11.3. The van der Waals surface area contributed by atoms with Gasteiger partial charge in [-0.25, -0.2) is 0 Å². The first-order chi connectivity index (χ1) is 7.68. The molecule has 0 aliphatic rings. The topological polar surface area (TPSA) is 26.3 Å². The minimum absolute atomic E-state index is 0.140. The van der Waals surface area contributed by atoms with Crippen LogP contribution in [0.4, 0.5) is 0 Å². The smallest absolute Gasteiger partial charge is 0.306 e. The molecule has 2 heteroatoms. The van der Waals surface area contributed by atoms with E-state index >= 15 is 0 Å². The highest BCUT2D eigenvalue weighted by atomic mass is 16.5. The zero-order valence-electron chi connectivity index (χ0n) is 9.74. The van der Waals surface area contributed by atoms with Gasteiger partial charge in [-0.2, -0.15) is 0 Å².